The van der Waals surface area contributed by atoms with Crippen molar-refractivity contribution in [3.63, 3.8) is 0 Å². The molecule has 3 heterocycles. The van der Waals surface area contributed by atoms with Gasteiger partial charge < -0.3 is 29.5 Å². The number of fused-ring (bicyclic) bond motifs is 2. The van der Waals surface area contributed by atoms with Gasteiger partial charge in [-0.15, -0.1) is 0 Å². The van der Waals surface area contributed by atoms with Gasteiger partial charge >= 0.3 is 5.97 Å². The summed E-state index contributed by atoms with van der Waals surface area (Å²) >= 11 is 0. The van der Waals surface area contributed by atoms with Crippen LogP contribution in [0.3, 0.4) is 0 Å². The molecular weight excluding hydrogens is 600 g/mol. The Labute approximate surface area is 275 Å². The summed E-state index contributed by atoms with van der Waals surface area (Å²) in [4.78, 5) is 40.8. The second kappa shape index (κ2) is 10.5. The van der Waals surface area contributed by atoms with Crippen molar-refractivity contribution >= 4 is 23.6 Å². The van der Waals surface area contributed by atoms with E-state index in [1.165, 1.54) is 13.0 Å². The first-order valence-corrected chi connectivity index (χ1v) is 16.2. The van der Waals surface area contributed by atoms with Gasteiger partial charge in [0.2, 0.25) is 0 Å². The van der Waals surface area contributed by atoms with E-state index in [9.17, 15) is 29.7 Å². The number of phenolic OH excluding ortho intramolecular Hbond substituents is 1. The maximum Gasteiger partial charge on any atom is 0.330 e. The molecule has 47 heavy (non-hydrogen) atoms. The summed E-state index contributed by atoms with van der Waals surface area (Å²) in [6, 6.07) is 0. The number of hydrogen-bond donors (Lipinski definition) is 3. The molecule has 250 valence electrons. The molecule has 3 aliphatic heterocycles. The number of allylic oxidation sites excluding steroid dienone is 3. The Kier molecular flexibility index (Phi) is 7.38. The van der Waals surface area contributed by atoms with Crippen LogP contribution in [0, 0.1) is 11.8 Å². The maximum atomic E-state index is 14.7. The van der Waals surface area contributed by atoms with Crippen LogP contribution in [0.5, 0.6) is 17.2 Å². The molecule has 1 saturated heterocycles. The Balaban J connectivity index is 1.58. The number of benzene rings is 1. The van der Waals surface area contributed by atoms with Crippen LogP contribution >= 0.6 is 0 Å². The van der Waals surface area contributed by atoms with Crippen LogP contribution in [-0.4, -0.2) is 60.9 Å². The Bertz CT molecular complexity index is 1760. The van der Waals surface area contributed by atoms with E-state index in [0.29, 0.717) is 36.1 Å². The van der Waals surface area contributed by atoms with Crippen molar-refractivity contribution in [3.05, 3.63) is 69.9 Å². The van der Waals surface area contributed by atoms with Gasteiger partial charge in [-0.05, 0) is 80.4 Å². The van der Waals surface area contributed by atoms with E-state index in [0.717, 1.165) is 5.57 Å². The van der Waals surface area contributed by atoms with E-state index >= 15 is 0 Å². The lowest BCUT2D eigenvalue weighted by atomic mass is 9.51. The van der Waals surface area contributed by atoms with Gasteiger partial charge in [-0.2, -0.15) is 0 Å². The van der Waals surface area contributed by atoms with Crippen molar-refractivity contribution in [2.45, 2.75) is 109 Å². The number of carbonyl (C=O) groups is 3. The molecule has 0 amide bonds. The molecule has 6 aliphatic rings. The van der Waals surface area contributed by atoms with E-state index in [-0.39, 0.29) is 40.4 Å². The van der Waals surface area contributed by atoms with E-state index < -0.39 is 51.6 Å². The first-order chi connectivity index (χ1) is 21.8. The first-order valence-electron chi connectivity index (χ1n) is 16.2. The van der Waals surface area contributed by atoms with Gasteiger partial charge in [-0.1, -0.05) is 36.0 Å². The molecule has 9 nitrogen and oxygen atoms in total. The lowest BCUT2D eigenvalue weighted by Crippen LogP contribution is -2.72. The molecule has 3 N–H and O–H groups in total. The number of rotatable bonds is 8. The van der Waals surface area contributed by atoms with Crippen LogP contribution in [0.4, 0.5) is 0 Å². The molecule has 9 heteroatoms. The molecule has 7 rings (SSSR count). The number of hydrogen-bond acceptors (Lipinski definition) is 8. The van der Waals surface area contributed by atoms with Crippen LogP contribution in [0.15, 0.2) is 53.2 Å². The second-order valence-corrected chi connectivity index (χ2v) is 15.2. The third kappa shape index (κ3) is 4.84. The lowest BCUT2D eigenvalue weighted by Gasteiger charge is -2.56. The highest BCUT2D eigenvalue weighted by molar-refractivity contribution is 6.19. The molecule has 4 bridgehead atoms. The van der Waals surface area contributed by atoms with Gasteiger partial charge in [0.25, 0.3) is 0 Å². The summed E-state index contributed by atoms with van der Waals surface area (Å²) in [5.74, 6) is -2.58. The highest BCUT2D eigenvalue weighted by Crippen LogP contribution is 2.68. The van der Waals surface area contributed by atoms with Crippen LogP contribution in [0.2, 0.25) is 0 Å². The van der Waals surface area contributed by atoms with E-state index in [1.807, 2.05) is 52.8 Å². The van der Waals surface area contributed by atoms with E-state index in [2.05, 4.69) is 0 Å². The number of aliphatic carboxylic acids is 1. The normalized spacial score (nSPS) is 31.5. The minimum atomic E-state index is -1.66. The van der Waals surface area contributed by atoms with Crippen molar-refractivity contribution in [3.8, 4) is 17.2 Å². The van der Waals surface area contributed by atoms with Crippen LogP contribution < -0.4 is 9.47 Å². The SMILES string of the molecule is CC(C)=CCc1c2c(c(O)c3c1O[C@]14C(=CC5CC1C(C)(C)O[C@]4(C/C=C(\C)C(=O)O)C5=O)C3=O)C=CC(C)(C/C=C\C(C)(C)O)O2. The van der Waals surface area contributed by atoms with Crippen LogP contribution in [-0.2, 0) is 20.7 Å². The third-order valence-corrected chi connectivity index (χ3v) is 10.3. The standard InChI is InChI=1S/C38H44O9/c1-20(2)10-11-24-30-23(13-16-36(8,45-30)15-9-14-34(4,5)44)28(39)27-29(40)25-18-22-19-26-35(6,7)47-37(32(22)41,17-12-21(3)33(42)43)38(25,26)46-31(24)27/h9-10,12-14,16,18,22,26,39,44H,11,15,17,19H2,1-8H3,(H,42,43)/b14-9-,21-12+/t22?,26?,36?,37-,38-/m1/s1. The van der Waals surface area contributed by atoms with Gasteiger partial charge in [0.05, 0.1) is 16.8 Å². The van der Waals surface area contributed by atoms with Gasteiger partial charge in [0.1, 0.15) is 28.4 Å². The number of phenols is 1. The smallest absolute Gasteiger partial charge is 0.330 e. The average molecular weight is 645 g/mol. The highest BCUT2D eigenvalue weighted by atomic mass is 16.6. The van der Waals surface area contributed by atoms with E-state index in [1.54, 1.807) is 32.1 Å². The minimum absolute atomic E-state index is 0.0150. The molecule has 3 aliphatic carbocycles. The molecule has 0 aromatic heterocycles. The van der Waals surface area contributed by atoms with Crippen molar-refractivity contribution < 1.29 is 43.9 Å². The average Bonchev–Trinajstić information content (AvgIpc) is 3.11. The topological polar surface area (TPSA) is 140 Å². The van der Waals surface area contributed by atoms with Gasteiger partial charge in [-0.3, -0.25) is 9.59 Å². The number of Topliss-reactive ketones (excluding diaryl/α,β-unsaturated/α-hetero) is 2. The molecule has 5 atom stereocenters. The Hall–Kier alpha value is -3.95. The zero-order chi connectivity index (χ0) is 34.5. The van der Waals surface area contributed by atoms with Gasteiger partial charge in [-0.25, -0.2) is 4.79 Å². The highest BCUT2D eigenvalue weighted by Gasteiger charge is 2.81. The van der Waals surface area contributed by atoms with Gasteiger partial charge in [0, 0.05) is 41.4 Å². The Morgan fingerprint density at radius 2 is 1.77 bits per heavy atom. The van der Waals surface area contributed by atoms with Crippen molar-refractivity contribution in [1.29, 1.82) is 0 Å². The maximum absolute atomic E-state index is 14.7. The molecule has 1 aromatic carbocycles. The molecule has 2 fully saturated rings. The molecule has 1 spiro atoms. The minimum Gasteiger partial charge on any atom is -0.506 e. The first kappa shape index (κ1) is 33.0. The molecule has 0 radical (unpaired) electrons. The fraction of sp³-hybridized carbons (Fsp3) is 0.500. The monoisotopic (exact) mass is 644 g/mol. The number of carbonyl (C=O) groups excluding carboxylic acids is 2. The van der Waals surface area contributed by atoms with Gasteiger partial charge in [0.15, 0.2) is 22.8 Å². The quantitative estimate of drug-likeness (QED) is 0.223. The largest absolute Gasteiger partial charge is 0.506 e. The number of aliphatic hydroxyl groups is 1. The fourth-order valence-corrected chi connectivity index (χ4v) is 8.08. The summed E-state index contributed by atoms with van der Waals surface area (Å²) in [5, 5.41) is 31.6. The number of carboxylic acids is 1. The number of ketones is 2. The lowest BCUT2D eigenvalue weighted by molar-refractivity contribution is -0.171. The van der Waals surface area contributed by atoms with Crippen molar-refractivity contribution in [1.82, 2.24) is 0 Å². The Morgan fingerprint density at radius 3 is 2.40 bits per heavy atom. The zero-order valence-electron chi connectivity index (χ0n) is 28.3. The summed E-state index contributed by atoms with van der Waals surface area (Å²) in [5.41, 5.74) is -3.67. The molecular formula is C38H44O9. The Morgan fingerprint density at radius 1 is 1.06 bits per heavy atom. The van der Waals surface area contributed by atoms with Crippen LogP contribution in [0.25, 0.3) is 6.08 Å². The number of carboxylic acid groups (broad SMARTS) is 1. The molecule has 1 saturated carbocycles. The second-order valence-electron chi connectivity index (χ2n) is 15.2. The number of ether oxygens (including phenoxy) is 3. The third-order valence-electron chi connectivity index (χ3n) is 10.3. The fourth-order valence-electron chi connectivity index (χ4n) is 8.08. The summed E-state index contributed by atoms with van der Waals surface area (Å²) in [6.07, 6.45) is 13.3. The predicted molar refractivity (Wildman–Crippen MR) is 176 cm³/mol. The van der Waals surface area contributed by atoms with E-state index in [4.69, 9.17) is 14.2 Å². The zero-order valence-corrected chi connectivity index (χ0v) is 28.3. The number of aromatic hydroxyl groups is 1. The van der Waals surface area contributed by atoms with Crippen molar-refractivity contribution in [2.24, 2.45) is 11.8 Å². The summed E-state index contributed by atoms with van der Waals surface area (Å²) < 4.78 is 20.5. The molecule has 3 unspecified atom stereocenters. The van der Waals surface area contributed by atoms with Crippen molar-refractivity contribution in [2.75, 3.05) is 0 Å². The molecule has 1 aromatic rings. The predicted octanol–water partition coefficient (Wildman–Crippen LogP) is 6.21. The summed E-state index contributed by atoms with van der Waals surface area (Å²) in [6.45, 7) is 14.4. The summed E-state index contributed by atoms with van der Waals surface area (Å²) in [7, 11) is 0. The van der Waals surface area contributed by atoms with Crippen LogP contribution in [0.1, 0.15) is 96.1 Å².